The van der Waals surface area contributed by atoms with Crippen LogP contribution in [0.4, 0.5) is 0 Å². The number of hydrogen-bond donors (Lipinski definition) is 4. The predicted molar refractivity (Wildman–Crippen MR) is 96.4 cm³/mol. The fourth-order valence-corrected chi connectivity index (χ4v) is 3.16. The topological polar surface area (TPSA) is 106 Å². The van der Waals surface area contributed by atoms with Gasteiger partial charge in [-0.05, 0) is 36.6 Å². The molecule has 0 aliphatic rings. The van der Waals surface area contributed by atoms with Crippen LogP contribution in [0.15, 0.2) is 29.1 Å². The summed E-state index contributed by atoms with van der Waals surface area (Å²) in [5.74, 6) is -1.92. The summed E-state index contributed by atoms with van der Waals surface area (Å²) in [6.45, 7) is 3.92. The second-order valence-electron chi connectivity index (χ2n) is 6.04. The van der Waals surface area contributed by atoms with Crippen molar-refractivity contribution in [1.82, 2.24) is 9.97 Å². The highest BCUT2D eigenvalue weighted by molar-refractivity contribution is 5.92. The lowest BCUT2D eigenvalue weighted by Crippen LogP contribution is -2.20. The zero-order valence-electron chi connectivity index (χ0n) is 14.1. The predicted octanol–water partition coefficient (Wildman–Crippen LogP) is 3.44. The fourth-order valence-electron chi connectivity index (χ4n) is 3.16. The summed E-state index contributed by atoms with van der Waals surface area (Å²) in [7, 11) is 0. The number of benzene rings is 1. The molecule has 0 aliphatic carbocycles. The Hall–Kier alpha value is -3.02. The van der Waals surface area contributed by atoms with Gasteiger partial charge in [-0.1, -0.05) is 26.3 Å². The molecule has 0 aliphatic heterocycles. The largest absolute Gasteiger partial charge is 0.506 e. The Bertz CT molecular complexity index is 1010. The maximum absolute atomic E-state index is 12.1. The van der Waals surface area contributed by atoms with Gasteiger partial charge in [0.25, 0.3) is 5.56 Å². The van der Waals surface area contributed by atoms with E-state index in [-0.39, 0.29) is 0 Å². The lowest BCUT2D eigenvalue weighted by atomic mass is 10.0. The number of aromatic carboxylic acids is 1. The molecule has 0 unspecified atom stereocenters. The van der Waals surface area contributed by atoms with E-state index in [1.165, 1.54) is 5.56 Å². The van der Waals surface area contributed by atoms with Crippen LogP contribution in [0.2, 0.25) is 0 Å². The molecule has 0 amide bonds. The summed E-state index contributed by atoms with van der Waals surface area (Å²) in [4.78, 5) is 29.1. The summed E-state index contributed by atoms with van der Waals surface area (Å²) < 4.78 is 0. The van der Waals surface area contributed by atoms with Gasteiger partial charge in [-0.3, -0.25) is 4.79 Å². The molecule has 0 fully saturated rings. The van der Waals surface area contributed by atoms with Gasteiger partial charge in [0.1, 0.15) is 5.75 Å². The average molecular weight is 340 g/mol. The number of carboxylic acids is 1. The Morgan fingerprint density at radius 2 is 1.92 bits per heavy atom. The minimum atomic E-state index is -1.44. The zero-order valence-corrected chi connectivity index (χ0v) is 14.1. The third-order valence-electron chi connectivity index (χ3n) is 4.35. The van der Waals surface area contributed by atoms with Gasteiger partial charge < -0.3 is 20.2 Å². The van der Waals surface area contributed by atoms with Crippen molar-refractivity contribution in [2.75, 3.05) is 0 Å². The first-order valence-electron chi connectivity index (χ1n) is 8.29. The molecule has 6 nitrogen and oxygen atoms in total. The van der Waals surface area contributed by atoms with Crippen molar-refractivity contribution < 1.29 is 15.0 Å². The Morgan fingerprint density at radius 1 is 1.16 bits per heavy atom. The van der Waals surface area contributed by atoms with Crippen LogP contribution in [0.5, 0.6) is 5.75 Å². The summed E-state index contributed by atoms with van der Waals surface area (Å²) in [6, 6.07) is 8.03. The number of fused-ring (bicyclic) bond motifs is 1. The number of aromatic hydroxyl groups is 1. The molecule has 0 saturated carbocycles. The first-order valence-corrected chi connectivity index (χ1v) is 8.29. The van der Waals surface area contributed by atoms with E-state index in [9.17, 15) is 14.7 Å². The van der Waals surface area contributed by atoms with Gasteiger partial charge in [0.15, 0.2) is 5.56 Å². The van der Waals surface area contributed by atoms with E-state index in [1.807, 2.05) is 12.1 Å². The summed E-state index contributed by atoms with van der Waals surface area (Å²) in [5.41, 5.74) is 2.17. The first kappa shape index (κ1) is 16.8. The Morgan fingerprint density at radius 3 is 2.56 bits per heavy atom. The molecular weight excluding hydrogens is 320 g/mol. The normalized spacial score (nSPS) is 11.1. The Labute approximate surface area is 144 Å². The molecule has 6 heteroatoms. The number of carbonyl (C=O) groups is 1. The van der Waals surface area contributed by atoms with Crippen LogP contribution in [0.1, 0.15) is 41.8 Å². The van der Waals surface area contributed by atoms with Crippen molar-refractivity contribution in [3.63, 3.8) is 0 Å². The molecule has 0 radical (unpaired) electrons. The molecule has 25 heavy (non-hydrogen) atoms. The SMILES string of the molecule is CCCc1ccc2[nH]c(-c3[nH]c(=O)c(C(=O)O)c(O)c3CC)cc2c1. The molecule has 2 aromatic heterocycles. The van der Waals surface area contributed by atoms with E-state index >= 15 is 0 Å². The van der Waals surface area contributed by atoms with Gasteiger partial charge in [-0.2, -0.15) is 0 Å². The quantitative estimate of drug-likeness (QED) is 0.571. The van der Waals surface area contributed by atoms with Gasteiger partial charge in [-0.15, -0.1) is 0 Å². The van der Waals surface area contributed by atoms with Gasteiger partial charge in [-0.25, -0.2) is 4.79 Å². The molecule has 3 rings (SSSR count). The Kier molecular flexibility index (Phi) is 4.35. The number of rotatable bonds is 5. The van der Waals surface area contributed by atoms with E-state index in [4.69, 9.17) is 5.11 Å². The molecule has 2 heterocycles. The molecule has 3 aromatic rings. The van der Waals surface area contributed by atoms with E-state index in [0.29, 0.717) is 23.4 Å². The molecule has 4 N–H and O–H groups in total. The standard InChI is InChI=1S/C19H20N2O4/c1-3-5-10-6-7-13-11(8-10)9-14(20-13)16-12(4-2)17(22)15(19(24)25)18(23)21-16/h6-9,20H,3-5H2,1-2H3,(H,24,25)(H2,21,22,23). The van der Waals surface area contributed by atoms with Crippen LogP contribution in [0.3, 0.4) is 0 Å². The van der Waals surface area contributed by atoms with Crippen LogP contribution in [-0.2, 0) is 12.8 Å². The Balaban J connectivity index is 2.20. The number of aromatic nitrogens is 2. The van der Waals surface area contributed by atoms with Gasteiger partial charge in [0.2, 0.25) is 0 Å². The third kappa shape index (κ3) is 2.91. The van der Waals surface area contributed by atoms with Crippen LogP contribution in [0.25, 0.3) is 22.3 Å². The molecule has 130 valence electrons. The van der Waals surface area contributed by atoms with Gasteiger partial charge >= 0.3 is 5.97 Å². The number of pyridine rings is 1. The van der Waals surface area contributed by atoms with Crippen molar-refractivity contribution in [2.24, 2.45) is 0 Å². The van der Waals surface area contributed by atoms with Crippen LogP contribution in [-0.4, -0.2) is 26.2 Å². The van der Waals surface area contributed by atoms with Crippen LogP contribution >= 0.6 is 0 Å². The van der Waals surface area contributed by atoms with Crippen LogP contribution in [0, 0.1) is 0 Å². The van der Waals surface area contributed by atoms with Crippen molar-refractivity contribution >= 4 is 16.9 Å². The van der Waals surface area contributed by atoms with Gasteiger partial charge in [0, 0.05) is 16.5 Å². The average Bonchev–Trinajstić information content (AvgIpc) is 2.97. The lowest BCUT2D eigenvalue weighted by molar-refractivity contribution is 0.0691. The molecule has 0 atom stereocenters. The molecular formula is C19H20N2O4. The number of nitrogens with one attached hydrogen (secondary N) is 2. The number of carboxylic acid groups (broad SMARTS) is 1. The number of hydrogen-bond acceptors (Lipinski definition) is 3. The summed E-state index contributed by atoms with van der Waals surface area (Å²) in [6.07, 6.45) is 2.43. The highest BCUT2D eigenvalue weighted by atomic mass is 16.4. The van der Waals surface area contributed by atoms with Crippen molar-refractivity contribution in [2.45, 2.75) is 33.1 Å². The van der Waals surface area contributed by atoms with Crippen molar-refractivity contribution in [3.8, 4) is 17.1 Å². The highest BCUT2D eigenvalue weighted by Crippen LogP contribution is 2.31. The summed E-state index contributed by atoms with van der Waals surface area (Å²) in [5, 5.41) is 20.4. The first-order chi connectivity index (χ1) is 12.0. The van der Waals surface area contributed by atoms with E-state index < -0.39 is 22.8 Å². The molecule has 0 bridgehead atoms. The highest BCUT2D eigenvalue weighted by Gasteiger charge is 2.22. The van der Waals surface area contributed by atoms with Crippen LogP contribution < -0.4 is 5.56 Å². The molecule has 1 aromatic carbocycles. The van der Waals surface area contributed by atoms with Crippen molar-refractivity contribution in [1.29, 1.82) is 0 Å². The number of aryl methyl sites for hydroxylation is 1. The minimum Gasteiger partial charge on any atom is -0.506 e. The minimum absolute atomic E-state index is 0.384. The van der Waals surface area contributed by atoms with E-state index in [1.54, 1.807) is 6.92 Å². The maximum Gasteiger partial charge on any atom is 0.345 e. The lowest BCUT2D eigenvalue weighted by Gasteiger charge is -2.10. The molecule has 0 spiro atoms. The third-order valence-corrected chi connectivity index (χ3v) is 4.35. The van der Waals surface area contributed by atoms with E-state index in [2.05, 4.69) is 29.0 Å². The molecule has 0 saturated heterocycles. The smallest absolute Gasteiger partial charge is 0.345 e. The van der Waals surface area contributed by atoms with Crippen molar-refractivity contribution in [3.05, 3.63) is 51.3 Å². The van der Waals surface area contributed by atoms with E-state index in [0.717, 1.165) is 23.7 Å². The second-order valence-corrected chi connectivity index (χ2v) is 6.04. The maximum atomic E-state index is 12.1. The van der Waals surface area contributed by atoms with Gasteiger partial charge in [0.05, 0.1) is 11.4 Å². The zero-order chi connectivity index (χ0) is 18.1. The fraction of sp³-hybridized carbons (Fsp3) is 0.263. The monoisotopic (exact) mass is 340 g/mol. The number of aromatic amines is 2. The second kappa shape index (κ2) is 6.47. The summed E-state index contributed by atoms with van der Waals surface area (Å²) >= 11 is 0. The number of H-pyrrole nitrogens is 2.